The van der Waals surface area contributed by atoms with Gasteiger partial charge in [-0.05, 0) is 36.1 Å². The van der Waals surface area contributed by atoms with Crippen LogP contribution in [-0.4, -0.2) is 13.7 Å². The molecule has 1 atom stereocenters. The molecule has 0 fully saturated rings. The summed E-state index contributed by atoms with van der Waals surface area (Å²) in [4.78, 5) is 0. The van der Waals surface area contributed by atoms with Gasteiger partial charge in [0.15, 0.2) is 0 Å². The molecule has 0 heterocycles. The molecule has 0 aliphatic heterocycles. The van der Waals surface area contributed by atoms with Gasteiger partial charge in [0.05, 0.1) is 0 Å². The van der Waals surface area contributed by atoms with E-state index in [9.17, 15) is 0 Å². The Kier molecular flexibility index (Phi) is 2.64. The van der Waals surface area contributed by atoms with Crippen LogP contribution in [0, 0.1) is 0 Å². The molecular weight excluding hydrogens is 242 g/mol. The van der Waals surface area contributed by atoms with E-state index < -0.39 is 0 Å². The van der Waals surface area contributed by atoms with Crippen molar-refractivity contribution in [2.45, 2.75) is 18.4 Å². The van der Waals surface area contributed by atoms with Crippen molar-refractivity contribution in [3.8, 4) is 0 Å². The van der Waals surface area contributed by atoms with Gasteiger partial charge in [-0.25, -0.2) is 0 Å². The summed E-state index contributed by atoms with van der Waals surface area (Å²) in [6.45, 7) is 0.549. The third-order valence-corrected chi connectivity index (χ3v) is 3.57. The van der Waals surface area contributed by atoms with Crippen molar-refractivity contribution in [1.29, 1.82) is 0 Å². The molecule has 3 heteroatoms. The standard InChI is InChI=1S/C11H14BrNO/c1-14-11(7-13)5-4-8-2-3-9(12)6-10(8)11/h2-3,6H,4-5,7,13H2,1H3. The van der Waals surface area contributed by atoms with Gasteiger partial charge in [0.25, 0.3) is 0 Å². The van der Waals surface area contributed by atoms with Crippen molar-refractivity contribution in [2.75, 3.05) is 13.7 Å². The Hall–Kier alpha value is -0.380. The fourth-order valence-corrected chi connectivity index (χ4v) is 2.53. The van der Waals surface area contributed by atoms with E-state index in [-0.39, 0.29) is 5.60 Å². The first-order chi connectivity index (χ1) is 6.72. The lowest BCUT2D eigenvalue weighted by atomic mass is 9.96. The van der Waals surface area contributed by atoms with Gasteiger partial charge in [-0.3, -0.25) is 0 Å². The predicted molar refractivity (Wildman–Crippen MR) is 60.2 cm³/mol. The number of methoxy groups -OCH3 is 1. The molecule has 2 rings (SSSR count). The van der Waals surface area contributed by atoms with E-state index >= 15 is 0 Å². The Morgan fingerprint density at radius 3 is 3.00 bits per heavy atom. The van der Waals surface area contributed by atoms with E-state index in [1.54, 1.807) is 7.11 Å². The van der Waals surface area contributed by atoms with E-state index in [0.29, 0.717) is 6.54 Å². The smallest absolute Gasteiger partial charge is 0.105 e. The molecule has 76 valence electrons. The van der Waals surface area contributed by atoms with Crippen LogP contribution in [0.1, 0.15) is 17.5 Å². The summed E-state index contributed by atoms with van der Waals surface area (Å²) < 4.78 is 6.67. The van der Waals surface area contributed by atoms with E-state index in [0.717, 1.165) is 17.3 Å². The quantitative estimate of drug-likeness (QED) is 0.880. The fraction of sp³-hybridized carbons (Fsp3) is 0.455. The summed E-state index contributed by atoms with van der Waals surface area (Å²) in [7, 11) is 1.74. The van der Waals surface area contributed by atoms with Gasteiger partial charge in [0.1, 0.15) is 5.60 Å². The minimum atomic E-state index is -0.251. The summed E-state index contributed by atoms with van der Waals surface area (Å²) in [5.41, 5.74) is 8.16. The van der Waals surface area contributed by atoms with Gasteiger partial charge < -0.3 is 10.5 Å². The Labute approximate surface area is 92.6 Å². The second kappa shape index (κ2) is 3.65. The molecule has 1 aromatic carbocycles. The number of nitrogens with two attached hydrogens (primary N) is 1. The zero-order valence-corrected chi connectivity index (χ0v) is 9.80. The number of fused-ring (bicyclic) bond motifs is 1. The third-order valence-electron chi connectivity index (χ3n) is 3.08. The van der Waals surface area contributed by atoms with E-state index in [1.807, 2.05) is 0 Å². The molecule has 0 bridgehead atoms. The van der Waals surface area contributed by atoms with E-state index in [1.165, 1.54) is 11.1 Å². The molecular formula is C11H14BrNO. The Morgan fingerprint density at radius 1 is 1.57 bits per heavy atom. The van der Waals surface area contributed by atoms with Gasteiger partial charge in [-0.2, -0.15) is 0 Å². The highest BCUT2D eigenvalue weighted by Gasteiger charge is 2.37. The van der Waals surface area contributed by atoms with Crippen LogP contribution in [0.2, 0.25) is 0 Å². The molecule has 0 saturated heterocycles. The molecule has 1 aliphatic carbocycles. The van der Waals surface area contributed by atoms with Crippen LogP contribution >= 0.6 is 15.9 Å². The van der Waals surface area contributed by atoms with Gasteiger partial charge in [-0.15, -0.1) is 0 Å². The number of rotatable bonds is 2. The van der Waals surface area contributed by atoms with Crippen LogP contribution in [0.5, 0.6) is 0 Å². The Bertz CT molecular complexity index is 347. The minimum Gasteiger partial charge on any atom is -0.372 e. The molecule has 1 aromatic rings. The zero-order chi connectivity index (χ0) is 10.2. The lowest BCUT2D eigenvalue weighted by Gasteiger charge is -2.27. The molecule has 0 spiro atoms. The molecule has 2 N–H and O–H groups in total. The average molecular weight is 256 g/mol. The number of aryl methyl sites for hydroxylation is 1. The summed E-state index contributed by atoms with van der Waals surface area (Å²) in [6.07, 6.45) is 2.06. The number of halogens is 1. The molecule has 1 aliphatic rings. The van der Waals surface area contributed by atoms with Crippen molar-refractivity contribution in [3.05, 3.63) is 33.8 Å². The first-order valence-corrected chi connectivity index (χ1v) is 5.55. The molecule has 0 aromatic heterocycles. The van der Waals surface area contributed by atoms with Crippen LogP contribution in [0.3, 0.4) is 0 Å². The highest BCUT2D eigenvalue weighted by Crippen LogP contribution is 2.39. The summed E-state index contributed by atoms with van der Waals surface area (Å²) in [6, 6.07) is 6.34. The molecule has 0 radical (unpaired) electrons. The number of hydrogen-bond acceptors (Lipinski definition) is 2. The summed E-state index contributed by atoms with van der Waals surface area (Å²) >= 11 is 3.48. The maximum Gasteiger partial charge on any atom is 0.105 e. The van der Waals surface area contributed by atoms with Gasteiger partial charge in [0.2, 0.25) is 0 Å². The van der Waals surface area contributed by atoms with Crippen LogP contribution in [-0.2, 0) is 16.8 Å². The second-order valence-electron chi connectivity index (χ2n) is 3.70. The van der Waals surface area contributed by atoms with E-state index in [4.69, 9.17) is 10.5 Å². The third kappa shape index (κ3) is 1.40. The molecule has 1 unspecified atom stereocenters. The molecule has 0 amide bonds. The first kappa shape index (κ1) is 10.1. The number of benzene rings is 1. The maximum atomic E-state index is 5.80. The molecule has 0 saturated carbocycles. The average Bonchev–Trinajstić information content (AvgIpc) is 2.57. The van der Waals surface area contributed by atoms with Gasteiger partial charge in [0, 0.05) is 18.1 Å². The maximum absolute atomic E-state index is 5.80. The van der Waals surface area contributed by atoms with Crippen molar-refractivity contribution in [1.82, 2.24) is 0 Å². The second-order valence-corrected chi connectivity index (χ2v) is 4.62. The van der Waals surface area contributed by atoms with Crippen molar-refractivity contribution >= 4 is 15.9 Å². The number of ether oxygens (including phenoxy) is 1. The molecule has 14 heavy (non-hydrogen) atoms. The topological polar surface area (TPSA) is 35.2 Å². The molecule has 2 nitrogen and oxygen atoms in total. The fourth-order valence-electron chi connectivity index (χ4n) is 2.17. The predicted octanol–water partition coefficient (Wildman–Crippen LogP) is 2.20. The Balaban J connectivity index is 2.51. The normalized spacial score (nSPS) is 25.1. The van der Waals surface area contributed by atoms with Crippen molar-refractivity contribution < 1.29 is 4.74 Å². The van der Waals surface area contributed by atoms with Crippen LogP contribution in [0.4, 0.5) is 0 Å². The SMILES string of the molecule is COC1(CN)CCc2ccc(Br)cc21. The number of hydrogen-bond donors (Lipinski definition) is 1. The lowest BCUT2D eigenvalue weighted by Crippen LogP contribution is -2.34. The lowest BCUT2D eigenvalue weighted by molar-refractivity contribution is -0.00517. The van der Waals surface area contributed by atoms with Crippen LogP contribution in [0.25, 0.3) is 0 Å². The van der Waals surface area contributed by atoms with Crippen molar-refractivity contribution in [3.63, 3.8) is 0 Å². The Morgan fingerprint density at radius 2 is 2.36 bits per heavy atom. The van der Waals surface area contributed by atoms with Gasteiger partial charge >= 0.3 is 0 Å². The first-order valence-electron chi connectivity index (χ1n) is 4.76. The highest BCUT2D eigenvalue weighted by molar-refractivity contribution is 9.10. The monoisotopic (exact) mass is 255 g/mol. The zero-order valence-electron chi connectivity index (χ0n) is 8.22. The summed E-state index contributed by atoms with van der Waals surface area (Å²) in [5.74, 6) is 0. The minimum absolute atomic E-state index is 0.251. The van der Waals surface area contributed by atoms with Crippen molar-refractivity contribution in [2.24, 2.45) is 5.73 Å². The highest BCUT2D eigenvalue weighted by atomic mass is 79.9. The van der Waals surface area contributed by atoms with Crippen LogP contribution in [0.15, 0.2) is 22.7 Å². The van der Waals surface area contributed by atoms with E-state index in [2.05, 4.69) is 34.1 Å². The van der Waals surface area contributed by atoms with Crippen LogP contribution < -0.4 is 5.73 Å². The largest absolute Gasteiger partial charge is 0.372 e. The summed E-state index contributed by atoms with van der Waals surface area (Å²) in [5, 5.41) is 0. The van der Waals surface area contributed by atoms with Gasteiger partial charge in [-0.1, -0.05) is 22.0 Å².